The van der Waals surface area contributed by atoms with Crippen LogP contribution < -0.4 is 0 Å². The smallest absolute Gasteiger partial charge is 0.172 e. The third kappa shape index (κ3) is 3.51. The van der Waals surface area contributed by atoms with Crippen molar-refractivity contribution < 1.29 is 44.9 Å². The van der Waals surface area contributed by atoms with Crippen LogP contribution in [0.4, 0.5) is 0 Å². The highest BCUT2D eigenvalue weighted by atomic mass is 16.5. The molecule has 10 atom stereocenters. The van der Waals surface area contributed by atoms with E-state index in [-0.39, 0.29) is 41.1 Å². The van der Waals surface area contributed by atoms with E-state index in [4.69, 9.17) is 9.47 Å². The van der Waals surface area contributed by atoms with E-state index >= 15 is 0 Å². The van der Waals surface area contributed by atoms with Gasteiger partial charge in [-0.2, -0.15) is 0 Å². The van der Waals surface area contributed by atoms with E-state index in [0.717, 1.165) is 0 Å². The lowest BCUT2D eigenvalue weighted by molar-refractivity contribution is -0.245. The predicted molar refractivity (Wildman–Crippen MR) is 107 cm³/mol. The first-order valence-electron chi connectivity index (χ1n) is 10.9. The third-order valence-corrected chi connectivity index (χ3v) is 7.54. The molecule has 1 heterocycles. The number of carbonyl (C=O) groups excluding carboxylic acids is 1. The standard InChI is InChI=1S/C22H32O9/c1-8-5-10-14(22-20(29)19(28)17(26)13(7-23)31-22)9-3-4-11(24)21(30-2)16(9)18(27)15(10)12(25)6-8/h8,10,12-15,17,19-20,22-26,28-29H,3-7H2,1-2H3/t8?,10?,12?,13-,14?,15?,17-,19+,20-,22+/m1/s1. The molecule has 1 saturated carbocycles. The molecule has 6 N–H and O–H groups in total. The van der Waals surface area contributed by atoms with Gasteiger partial charge in [0.05, 0.1) is 37.4 Å². The van der Waals surface area contributed by atoms with Gasteiger partial charge in [-0.3, -0.25) is 4.79 Å². The number of methoxy groups -OCH3 is 1. The number of hydrogen-bond donors (Lipinski definition) is 6. The molecule has 0 aromatic rings. The fraction of sp³-hybridized carbons (Fsp3) is 0.773. The van der Waals surface area contributed by atoms with Crippen molar-refractivity contribution in [1.82, 2.24) is 0 Å². The Morgan fingerprint density at radius 1 is 1.03 bits per heavy atom. The Labute approximate surface area is 180 Å². The highest BCUT2D eigenvalue weighted by Crippen LogP contribution is 2.53. The van der Waals surface area contributed by atoms with Crippen molar-refractivity contribution in [2.75, 3.05) is 13.7 Å². The minimum Gasteiger partial charge on any atom is -0.508 e. The Bertz CT molecular complexity index is 788. The van der Waals surface area contributed by atoms with Crippen molar-refractivity contribution in [2.45, 2.75) is 69.2 Å². The van der Waals surface area contributed by atoms with Crippen LogP contribution >= 0.6 is 0 Å². The van der Waals surface area contributed by atoms with Crippen molar-refractivity contribution in [3.05, 3.63) is 22.7 Å². The Kier molecular flexibility index (Phi) is 6.19. The number of allylic oxidation sites excluding steroid dienone is 2. The van der Waals surface area contributed by atoms with Gasteiger partial charge in [-0.25, -0.2) is 0 Å². The molecule has 0 radical (unpaired) electrons. The van der Waals surface area contributed by atoms with Crippen LogP contribution in [0.2, 0.25) is 0 Å². The highest BCUT2D eigenvalue weighted by Gasteiger charge is 2.57. The molecule has 9 heteroatoms. The molecule has 1 saturated heterocycles. The molecule has 0 aromatic carbocycles. The largest absolute Gasteiger partial charge is 0.508 e. The van der Waals surface area contributed by atoms with E-state index in [1.54, 1.807) is 0 Å². The number of carbonyl (C=O) groups is 1. The lowest BCUT2D eigenvalue weighted by atomic mass is 9.56. The first kappa shape index (κ1) is 22.7. The summed E-state index contributed by atoms with van der Waals surface area (Å²) < 4.78 is 11.3. The van der Waals surface area contributed by atoms with Gasteiger partial charge in [-0.1, -0.05) is 6.92 Å². The highest BCUT2D eigenvalue weighted by molar-refractivity contribution is 6.03. The lowest BCUT2D eigenvalue weighted by Crippen LogP contribution is -2.63. The van der Waals surface area contributed by atoms with Crippen molar-refractivity contribution in [1.29, 1.82) is 0 Å². The molecule has 3 aliphatic carbocycles. The summed E-state index contributed by atoms with van der Waals surface area (Å²) in [4.78, 5) is 13.5. The van der Waals surface area contributed by atoms with Gasteiger partial charge in [0.1, 0.15) is 30.2 Å². The average molecular weight is 440 g/mol. The predicted octanol–water partition coefficient (Wildman–Crippen LogP) is -0.443. The van der Waals surface area contributed by atoms with Crippen LogP contribution in [0.3, 0.4) is 0 Å². The maximum absolute atomic E-state index is 13.5. The summed E-state index contributed by atoms with van der Waals surface area (Å²) in [5.74, 6) is -1.80. The Hall–Kier alpha value is -1.49. The second kappa shape index (κ2) is 8.46. The third-order valence-electron chi connectivity index (χ3n) is 7.54. The molecule has 174 valence electrons. The fourth-order valence-electron chi connectivity index (χ4n) is 6.19. The van der Waals surface area contributed by atoms with E-state index in [0.29, 0.717) is 24.8 Å². The van der Waals surface area contributed by atoms with Crippen LogP contribution in [0.15, 0.2) is 22.7 Å². The van der Waals surface area contributed by atoms with Crippen molar-refractivity contribution in [2.24, 2.45) is 23.7 Å². The molecule has 0 bridgehead atoms. The molecule has 0 aromatic heterocycles. The number of aliphatic hydroxyl groups is 6. The van der Waals surface area contributed by atoms with E-state index in [1.807, 2.05) is 6.92 Å². The van der Waals surface area contributed by atoms with Gasteiger partial charge < -0.3 is 40.1 Å². The van der Waals surface area contributed by atoms with Crippen LogP contribution in [-0.2, 0) is 14.3 Å². The molecular weight excluding hydrogens is 408 g/mol. The van der Waals surface area contributed by atoms with Gasteiger partial charge in [0.2, 0.25) is 0 Å². The van der Waals surface area contributed by atoms with E-state index in [9.17, 15) is 35.4 Å². The van der Waals surface area contributed by atoms with Gasteiger partial charge in [0, 0.05) is 12.3 Å². The van der Waals surface area contributed by atoms with E-state index in [1.165, 1.54) is 7.11 Å². The quantitative estimate of drug-likeness (QED) is 0.342. The summed E-state index contributed by atoms with van der Waals surface area (Å²) in [7, 11) is 1.36. The topological polar surface area (TPSA) is 157 Å². The van der Waals surface area contributed by atoms with Crippen molar-refractivity contribution in [3.63, 3.8) is 0 Å². The van der Waals surface area contributed by atoms with Gasteiger partial charge in [-0.05, 0) is 36.7 Å². The molecule has 4 aliphatic rings. The maximum Gasteiger partial charge on any atom is 0.172 e. The van der Waals surface area contributed by atoms with Crippen molar-refractivity contribution in [3.8, 4) is 0 Å². The normalized spacial score (nSPS) is 46.0. The molecule has 4 rings (SSSR count). The first-order valence-corrected chi connectivity index (χ1v) is 10.9. The second-order valence-electron chi connectivity index (χ2n) is 9.40. The summed E-state index contributed by atoms with van der Waals surface area (Å²) >= 11 is 0. The SMILES string of the molecule is COC1=C(O)CCC2=C1C(=O)C1C(O)CC(C)CC1C2[C@@H]1O[C@H](CO)[C@@H](O)[C@H](O)[C@H]1O. The molecule has 31 heavy (non-hydrogen) atoms. The van der Waals surface area contributed by atoms with Crippen LogP contribution in [0.25, 0.3) is 0 Å². The Balaban J connectivity index is 1.86. The van der Waals surface area contributed by atoms with E-state index < -0.39 is 55.1 Å². The summed E-state index contributed by atoms with van der Waals surface area (Å²) in [6.07, 6.45) is -5.78. The molecule has 0 amide bonds. The zero-order valence-electron chi connectivity index (χ0n) is 17.7. The summed E-state index contributed by atoms with van der Waals surface area (Å²) in [5, 5.41) is 62.3. The Morgan fingerprint density at radius 2 is 1.74 bits per heavy atom. The average Bonchev–Trinajstić information content (AvgIpc) is 2.73. The number of ether oxygens (including phenoxy) is 2. The van der Waals surface area contributed by atoms with E-state index in [2.05, 4.69) is 0 Å². The fourth-order valence-corrected chi connectivity index (χ4v) is 6.19. The number of hydrogen-bond acceptors (Lipinski definition) is 9. The number of ketones is 1. The zero-order chi connectivity index (χ0) is 22.6. The van der Waals surface area contributed by atoms with Crippen LogP contribution in [0.5, 0.6) is 0 Å². The van der Waals surface area contributed by atoms with Crippen molar-refractivity contribution >= 4 is 5.78 Å². The van der Waals surface area contributed by atoms with Gasteiger partial charge in [-0.15, -0.1) is 0 Å². The van der Waals surface area contributed by atoms with Crippen LogP contribution in [0.1, 0.15) is 32.6 Å². The second-order valence-corrected chi connectivity index (χ2v) is 9.40. The minimum atomic E-state index is -1.53. The molecule has 9 nitrogen and oxygen atoms in total. The maximum atomic E-state index is 13.5. The number of fused-ring (bicyclic) bond motifs is 1. The summed E-state index contributed by atoms with van der Waals surface area (Å²) in [6.45, 7) is 1.45. The monoisotopic (exact) mass is 440 g/mol. The van der Waals surface area contributed by atoms with Crippen LogP contribution in [-0.4, -0.2) is 86.8 Å². The number of rotatable bonds is 3. The van der Waals surface area contributed by atoms with Gasteiger partial charge in [0.25, 0.3) is 0 Å². The summed E-state index contributed by atoms with van der Waals surface area (Å²) in [5.41, 5.74) is 0.870. The molecule has 0 spiro atoms. The zero-order valence-corrected chi connectivity index (χ0v) is 17.7. The number of Topliss-reactive ketones (excluding diaryl/α,β-unsaturated/α-hetero) is 1. The molecule has 1 aliphatic heterocycles. The number of aliphatic hydroxyl groups excluding tert-OH is 6. The first-order chi connectivity index (χ1) is 14.7. The molecule has 2 fully saturated rings. The van der Waals surface area contributed by atoms with Gasteiger partial charge >= 0.3 is 0 Å². The van der Waals surface area contributed by atoms with Crippen LogP contribution in [0, 0.1) is 23.7 Å². The minimum absolute atomic E-state index is 0.0423. The Morgan fingerprint density at radius 3 is 2.39 bits per heavy atom. The molecular formula is C22H32O9. The lowest BCUT2D eigenvalue weighted by Gasteiger charge is -2.52. The van der Waals surface area contributed by atoms with Gasteiger partial charge in [0.15, 0.2) is 11.5 Å². The summed E-state index contributed by atoms with van der Waals surface area (Å²) in [6, 6.07) is 0. The molecule has 5 unspecified atom stereocenters.